The Labute approximate surface area is 138 Å². The van der Waals surface area contributed by atoms with Gasteiger partial charge in [-0.1, -0.05) is 24.3 Å². The fraction of sp³-hybridized carbons (Fsp3) is 0.588. The van der Waals surface area contributed by atoms with Crippen molar-refractivity contribution in [3.63, 3.8) is 0 Å². The highest BCUT2D eigenvalue weighted by atomic mass is 32.2. The number of carbonyl (C=O) groups excluding carboxylic acids is 1. The molecule has 0 spiro atoms. The molecular weight excluding hydrogens is 312 g/mol. The zero-order chi connectivity index (χ0) is 17.1. The van der Waals surface area contributed by atoms with E-state index in [1.54, 1.807) is 0 Å². The second kappa shape index (κ2) is 6.91. The highest BCUT2D eigenvalue weighted by Crippen LogP contribution is 2.35. The third-order valence-electron chi connectivity index (χ3n) is 3.91. The van der Waals surface area contributed by atoms with Crippen molar-refractivity contribution in [1.29, 1.82) is 0 Å². The smallest absolute Gasteiger partial charge is 0.315 e. The topological polar surface area (TPSA) is 75.3 Å². The van der Waals surface area contributed by atoms with Gasteiger partial charge in [-0.2, -0.15) is 0 Å². The van der Waals surface area contributed by atoms with E-state index in [0.717, 1.165) is 24.0 Å². The van der Waals surface area contributed by atoms with Gasteiger partial charge in [0.25, 0.3) is 0 Å². The summed E-state index contributed by atoms with van der Waals surface area (Å²) >= 11 is 0. The molecule has 2 amide bonds. The van der Waals surface area contributed by atoms with Crippen LogP contribution >= 0.6 is 0 Å². The molecule has 0 fully saturated rings. The van der Waals surface area contributed by atoms with Crippen LogP contribution in [0.4, 0.5) is 4.79 Å². The van der Waals surface area contributed by atoms with E-state index in [0.29, 0.717) is 6.42 Å². The predicted octanol–water partition coefficient (Wildman–Crippen LogP) is 2.58. The normalized spacial score (nSPS) is 18.1. The molecule has 1 aromatic rings. The monoisotopic (exact) mass is 338 g/mol. The fourth-order valence-corrected chi connectivity index (χ4v) is 4.73. The Kier molecular flexibility index (Phi) is 5.34. The molecule has 0 radical (unpaired) electrons. The summed E-state index contributed by atoms with van der Waals surface area (Å²) in [5.41, 5.74) is 1.72. The molecule has 2 N–H and O–H groups in total. The molecule has 0 heterocycles. The lowest BCUT2D eigenvalue weighted by Gasteiger charge is -2.25. The number of hydrogen-bond acceptors (Lipinski definition) is 3. The first-order valence-corrected chi connectivity index (χ1v) is 9.76. The SMILES string of the molecule is CC(C)(C)NC(=O)NCCS(=O)(=O)C1CCCc2ccccc21. The first kappa shape index (κ1) is 17.8. The molecule has 1 aliphatic carbocycles. The number of nitrogens with one attached hydrogen (secondary N) is 2. The van der Waals surface area contributed by atoms with E-state index in [1.807, 2.05) is 45.0 Å². The molecule has 0 bridgehead atoms. The Balaban J connectivity index is 1.97. The van der Waals surface area contributed by atoms with E-state index in [4.69, 9.17) is 0 Å². The molecule has 1 atom stereocenters. The van der Waals surface area contributed by atoms with Crippen LogP contribution in [0.25, 0.3) is 0 Å². The Morgan fingerprint density at radius 3 is 2.65 bits per heavy atom. The summed E-state index contributed by atoms with van der Waals surface area (Å²) in [6, 6.07) is 7.42. The number of benzene rings is 1. The maximum Gasteiger partial charge on any atom is 0.315 e. The minimum atomic E-state index is -3.28. The van der Waals surface area contributed by atoms with E-state index < -0.39 is 15.1 Å². The van der Waals surface area contributed by atoms with Crippen molar-refractivity contribution in [2.75, 3.05) is 12.3 Å². The maximum absolute atomic E-state index is 12.6. The number of hydrogen-bond donors (Lipinski definition) is 2. The average Bonchev–Trinajstić information content (AvgIpc) is 2.44. The molecule has 0 aromatic heterocycles. The van der Waals surface area contributed by atoms with Crippen LogP contribution in [0.1, 0.15) is 50.0 Å². The minimum Gasteiger partial charge on any atom is -0.337 e. The third kappa shape index (κ3) is 4.96. The van der Waals surface area contributed by atoms with Gasteiger partial charge >= 0.3 is 6.03 Å². The molecule has 6 heteroatoms. The molecular formula is C17H26N2O3S. The number of amides is 2. The number of urea groups is 1. The minimum absolute atomic E-state index is 0.0381. The van der Waals surface area contributed by atoms with Crippen LogP contribution in [0.15, 0.2) is 24.3 Å². The Morgan fingerprint density at radius 1 is 1.26 bits per heavy atom. The zero-order valence-corrected chi connectivity index (χ0v) is 14.9. The molecule has 1 aliphatic rings. The quantitative estimate of drug-likeness (QED) is 0.886. The van der Waals surface area contributed by atoms with Crippen molar-refractivity contribution in [2.45, 2.75) is 50.8 Å². The Hall–Kier alpha value is -1.56. The molecule has 1 unspecified atom stereocenters. The van der Waals surface area contributed by atoms with Crippen LogP contribution in [0.5, 0.6) is 0 Å². The third-order valence-corrected chi connectivity index (χ3v) is 6.04. The lowest BCUT2D eigenvalue weighted by Crippen LogP contribution is -2.47. The van der Waals surface area contributed by atoms with Gasteiger partial charge in [-0.05, 0) is 51.2 Å². The van der Waals surface area contributed by atoms with Crippen molar-refractivity contribution < 1.29 is 13.2 Å². The molecule has 5 nitrogen and oxygen atoms in total. The fourth-order valence-electron chi connectivity index (χ4n) is 2.92. The lowest BCUT2D eigenvalue weighted by atomic mass is 9.91. The molecule has 0 aliphatic heterocycles. The van der Waals surface area contributed by atoms with Crippen molar-refractivity contribution in [1.82, 2.24) is 10.6 Å². The van der Waals surface area contributed by atoms with Crippen LogP contribution in [-0.4, -0.2) is 32.3 Å². The molecule has 1 aromatic carbocycles. The van der Waals surface area contributed by atoms with Crippen molar-refractivity contribution in [3.8, 4) is 0 Å². The predicted molar refractivity (Wildman–Crippen MR) is 92.2 cm³/mol. The van der Waals surface area contributed by atoms with Crippen LogP contribution in [0.3, 0.4) is 0 Å². The van der Waals surface area contributed by atoms with Crippen molar-refractivity contribution >= 4 is 15.9 Å². The number of rotatable bonds is 4. The Bertz CT molecular complexity index is 663. The highest BCUT2D eigenvalue weighted by Gasteiger charge is 2.31. The van der Waals surface area contributed by atoms with E-state index in [2.05, 4.69) is 10.6 Å². The summed E-state index contributed by atoms with van der Waals surface area (Å²) in [6.07, 6.45) is 2.49. The van der Waals surface area contributed by atoms with Crippen LogP contribution < -0.4 is 10.6 Å². The summed E-state index contributed by atoms with van der Waals surface area (Å²) in [7, 11) is -3.28. The summed E-state index contributed by atoms with van der Waals surface area (Å²) < 4.78 is 25.3. The molecule has 0 saturated carbocycles. The zero-order valence-electron chi connectivity index (χ0n) is 14.1. The largest absolute Gasteiger partial charge is 0.337 e. The van der Waals surface area contributed by atoms with Gasteiger partial charge in [0.15, 0.2) is 9.84 Å². The van der Waals surface area contributed by atoms with Gasteiger partial charge in [-0.25, -0.2) is 13.2 Å². The maximum atomic E-state index is 12.6. The van der Waals surface area contributed by atoms with Gasteiger partial charge < -0.3 is 10.6 Å². The summed E-state index contributed by atoms with van der Waals surface area (Å²) in [5, 5.41) is 4.94. The van der Waals surface area contributed by atoms with E-state index in [9.17, 15) is 13.2 Å². The van der Waals surface area contributed by atoms with Gasteiger partial charge in [0.2, 0.25) is 0 Å². The van der Waals surface area contributed by atoms with E-state index in [1.165, 1.54) is 0 Å². The van der Waals surface area contributed by atoms with Gasteiger partial charge in [0, 0.05) is 12.1 Å². The average molecular weight is 338 g/mol. The lowest BCUT2D eigenvalue weighted by molar-refractivity contribution is 0.232. The van der Waals surface area contributed by atoms with Gasteiger partial charge in [0.1, 0.15) is 0 Å². The summed E-state index contributed by atoms with van der Waals surface area (Å²) in [6.45, 7) is 5.76. The second-order valence-electron chi connectivity index (χ2n) is 7.08. The Morgan fingerprint density at radius 2 is 1.96 bits per heavy atom. The van der Waals surface area contributed by atoms with Crippen LogP contribution in [0.2, 0.25) is 0 Å². The number of carbonyl (C=O) groups is 1. The van der Waals surface area contributed by atoms with Crippen molar-refractivity contribution in [2.24, 2.45) is 0 Å². The molecule has 23 heavy (non-hydrogen) atoms. The molecule has 2 rings (SSSR count). The van der Waals surface area contributed by atoms with Crippen molar-refractivity contribution in [3.05, 3.63) is 35.4 Å². The first-order chi connectivity index (χ1) is 10.7. The molecule has 128 valence electrons. The van der Waals surface area contributed by atoms with Crippen LogP contribution in [0, 0.1) is 0 Å². The first-order valence-electron chi connectivity index (χ1n) is 8.04. The van der Waals surface area contributed by atoms with E-state index in [-0.39, 0.29) is 23.9 Å². The van der Waals surface area contributed by atoms with Gasteiger partial charge in [0.05, 0.1) is 11.0 Å². The number of sulfone groups is 1. The molecule has 0 saturated heterocycles. The standard InChI is InChI=1S/C17H26N2O3S/c1-17(2,3)19-16(20)18-11-12-23(21,22)15-10-6-8-13-7-4-5-9-14(13)15/h4-5,7,9,15H,6,8,10-12H2,1-3H3,(H2,18,19,20). The van der Waals surface area contributed by atoms with Crippen LogP contribution in [-0.2, 0) is 16.3 Å². The van der Waals surface area contributed by atoms with E-state index >= 15 is 0 Å². The number of fused-ring (bicyclic) bond motifs is 1. The number of aryl methyl sites for hydroxylation is 1. The second-order valence-corrected chi connectivity index (χ2v) is 9.38. The van der Waals surface area contributed by atoms with Gasteiger partial charge in [-0.15, -0.1) is 0 Å². The summed E-state index contributed by atoms with van der Waals surface area (Å²) in [4.78, 5) is 11.7. The highest BCUT2D eigenvalue weighted by molar-refractivity contribution is 7.91. The summed E-state index contributed by atoms with van der Waals surface area (Å²) in [5.74, 6) is -0.0381. The van der Waals surface area contributed by atoms with Gasteiger partial charge in [-0.3, -0.25) is 0 Å².